The second-order valence-corrected chi connectivity index (χ2v) is 5.59. The second-order valence-electron chi connectivity index (χ2n) is 5.59. The third kappa shape index (κ3) is 12.0. The summed E-state index contributed by atoms with van der Waals surface area (Å²) in [7, 11) is 0. The molecule has 0 bridgehead atoms. The summed E-state index contributed by atoms with van der Waals surface area (Å²) >= 11 is 0. The lowest BCUT2D eigenvalue weighted by Crippen LogP contribution is -1.97. The van der Waals surface area contributed by atoms with Gasteiger partial charge in [0, 0.05) is 5.92 Å². The summed E-state index contributed by atoms with van der Waals surface area (Å²) < 4.78 is 0. The van der Waals surface area contributed by atoms with Crippen LogP contribution >= 0.6 is 0 Å². The number of rotatable bonds is 13. The van der Waals surface area contributed by atoms with E-state index in [1.165, 1.54) is 70.6 Å². The van der Waals surface area contributed by atoms with Gasteiger partial charge in [0.15, 0.2) is 0 Å². The lowest BCUT2D eigenvalue weighted by atomic mass is 9.96. The Hall–Kier alpha value is -0.510. The molecule has 0 radical (unpaired) electrons. The fraction of sp³-hybridized carbons (Fsp3) is 0.941. The molecule has 0 aromatic carbocycles. The van der Waals surface area contributed by atoms with Crippen LogP contribution in [0.4, 0.5) is 0 Å². The molecule has 106 valence electrons. The Bertz CT molecular complexity index is 192. The molecule has 0 aliphatic rings. The summed E-state index contributed by atoms with van der Waals surface area (Å²) in [4.78, 5) is 0. The van der Waals surface area contributed by atoms with Crippen molar-refractivity contribution in [3.8, 4) is 6.07 Å². The quantitative estimate of drug-likeness (QED) is 0.355. The molecule has 0 aromatic rings. The first kappa shape index (κ1) is 17.5. The summed E-state index contributed by atoms with van der Waals surface area (Å²) in [5, 5.41) is 9.03. The molecule has 0 N–H and O–H groups in total. The van der Waals surface area contributed by atoms with Crippen LogP contribution < -0.4 is 0 Å². The molecule has 0 aliphatic carbocycles. The van der Waals surface area contributed by atoms with Gasteiger partial charge in [-0.2, -0.15) is 5.26 Å². The summed E-state index contributed by atoms with van der Waals surface area (Å²) in [6.45, 7) is 4.47. The number of nitriles is 1. The van der Waals surface area contributed by atoms with Gasteiger partial charge in [-0.1, -0.05) is 84.5 Å². The van der Waals surface area contributed by atoms with Gasteiger partial charge in [0.2, 0.25) is 0 Å². The van der Waals surface area contributed by atoms with E-state index in [0.29, 0.717) is 5.92 Å². The predicted molar refractivity (Wildman–Crippen MR) is 80.5 cm³/mol. The highest BCUT2D eigenvalue weighted by Gasteiger charge is 2.05. The summed E-state index contributed by atoms with van der Waals surface area (Å²) in [5.74, 6) is 0.328. The molecular weight excluding hydrogens is 218 g/mol. The fourth-order valence-electron chi connectivity index (χ4n) is 2.43. The van der Waals surface area contributed by atoms with Crippen LogP contribution in [-0.4, -0.2) is 0 Å². The zero-order chi connectivity index (χ0) is 13.5. The molecule has 0 fully saturated rings. The van der Waals surface area contributed by atoms with Crippen molar-refractivity contribution >= 4 is 0 Å². The molecular formula is C17H33N. The molecule has 0 saturated carbocycles. The molecule has 18 heavy (non-hydrogen) atoms. The Labute approximate surface area is 115 Å². The molecule has 0 aliphatic heterocycles. The van der Waals surface area contributed by atoms with Gasteiger partial charge < -0.3 is 0 Å². The molecule has 0 rings (SSSR count). The molecule has 1 heteroatoms. The molecule has 1 unspecified atom stereocenters. The Morgan fingerprint density at radius 3 is 1.61 bits per heavy atom. The highest BCUT2D eigenvalue weighted by atomic mass is 14.3. The van der Waals surface area contributed by atoms with Crippen LogP contribution in [0.25, 0.3) is 0 Å². The zero-order valence-electron chi connectivity index (χ0n) is 12.7. The molecule has 0 saturated heterocycles. The highest BCUT2D eigenvalue weighted by molar-refractivity contribution is 4.82. The normalized spacial score (nSPS) is 12.3. The van der Waals surface area contributed by atoms with Crippen molar-refractivity contribution < 1.29 is 0 Å². The van der Waals surface area contributed by atoms with E-state index in [-0.39, 0.29) is 0 Å². The van der Waals surface area contributed by atoms with Gasteiger partial charge in [0.05, 0.1) is 6.07 Å². The lowest BCUT2D eigenvalue weighted by Gasteiger charge is -2.07. The van der Waals surface area contributed by atoms with Gasteiger partial charge in [-0.25, -0.2) is 0 Å². The van der Waals surface area contributed by atoms with Crippen molar-refractivity contribution in [3.05, 3.63) is 0 Å². The Kier molecular flexibility index (Phi) is 14.1. The minimum atomic E-state index is 0.328. The van der Waals surface area contributed by atoms with Gasteiger partial charge in [0.1, 0.15) is 0 Å². The molecule has 1 atom stereocenters. The monoisotopic (exact) mass is 251 g/mol. The lowest BCUT2D eigenvalue weighted by molar-refractivity contribution is 0.483. The predicted octanol–water partition coefficient (Wildman–Crippen LogP) is 6.24. The average Bonchev–Trinajstić information content (AvgIpc) is 2.40. The van der Waals surface area contributed by atoms with Gasteiger partial charge in [0.25, 0.3) is 0 Å². The van der Waals surface area contributed by atoms with Crippen molar-refractivity contribution in [3.63, 3.8) is 0 Å². The number of hydrogen-bond acceptors (Lipinski definition) is 1. The smallest absolute Gasteiger partial charge is 0.0655 e. The minimum absolute atomic E-state index is 0.328. The first-order chi connectivity index (χ1) is 8.85. The number of hydrogen-bond donors (Lipinski definition) is 0. The standard InChI is InChI=1S/C17H33N/c1-3-5-7-8-9-10-11-12-13-15-17(16-18)14-6-4-2/h17H,3-15H2,1-2H3. The van der Waals surface area contributed by atoms with Crippen LogP contribution in [0, 0.1) is 17.2 Å². The van der Waals surface area contributed by atoms with Crippen LogP contribution in [0.1, 0.15) is 97.3 Å². The van der Waals surface area contributed by atoms with Crippen molar-refractivity contribution in [2.24, 2.45) is 5.92 Å². The molecule has 1 nitrogen and oxygen atoms in total. The van der Waals surface area contributed by atoms with E-state index in [4.69, 9.17) is 5.26 Å². The first-order valence-electron chi connectivity index (χ1n) is 8.24. The summed E-state index contributed by atoms with van der Waals surface area (Å²) in [5.41, 5.74) is 0. The van der Waals surface area contributed by atoms with Gasteiger partial charge in [-0.05, 0) is 12.8 Å². The minimum Gasteiger partial charge on any atom is -0.198 e. The first-order valence-corrected chi connectivity index (χ1v) is 8.24. The van der Waals surface area contributed by atoms with Crippen molar-refractivity contribution in [1.29, 1.82) is 5.26 Å². The maximum Gasteiger partial charge on any atom is 0.0655 e. The average molecular weight is 251 g/mol. The Morgan fingerprint density at radius 2 is 1.11 bits per heavy atom. The maximum absolute atomic E-state index is 9.03. The molecule has 0 spiro atoms. The third-order valence-corrected chi connectivity index (χ3v) is 3.74. The van der Waals surface area contributed by atoms with Crippen LogP contribution in [0.3, 0.4) is 0 Å². The third-order valence-electron chi connectivity index (χ3n) is 3.74. The topological polar surface area (TPSA) is 23.8 Å². The van der Waals surface area contributed by atoms with E-state index < -0.39 is 0 Å². The van der Waals surface area contributed by atoms with Gasteiger partial charge >= 0.3 is 0 Å². The zero-order valence-corrected chi connectivity index (χ0v) is 12.7. The molecule has 0 aromatic heterocycles. The van der Waals surface area contributed by atoms with Crippen molar-refractivity contribution in [2.45, 2.75) is 97.3 Å². The largest absolute Gasteiger partial charge is 0.198 e. The highest BCUT2D eigenvalue weighted by Crippen LogP contribution is 2.17. The van der Waals surface area contributed by atoms with Crippen molar-refractivity contribution in [2.75, 3.05) is 0 Å². The van der Waals surface area contributed by atoms with Crippen LogP contribution in [0.5, 0.6) is 0 Å². The molecule has 0 heterocycles. The SMILES string of the molecule is CCCCCCCCCCCC(C#N)CCCC. The summed E-state index contributed by atoms with van der Waals surface area (Å²) in [6.07, 6.45) is 17.0. The number of nitrogens with zero attached hydrogens (tertiary/aromatic N) is 1. The van der Waals surface area contributed by atoms with E-state index in [0.717, 1.165) is 12.8 Å². The van der Waals surface area contributed by atoms with E-state index in [2.05, 4.69) is 19.9 Å². The van der Waals surface area contributed by atoms with E-state index in [1.54, 1.807) is 0 Å². The summed E-state index contributed by atoms with van der Waals surface area (Å²) in [6, 6.07) is 2.46. The molecule has 0 amide bonds. The maximum atomic E-state index is 9.03. The fourth-order valence-corrected chi connectivity index (χ4v) is 2.43. The van der Waals surface area contributed by atoms with Gasteiger partial charge in [-0.15, -0.1) is 0 Å². The van der Waals surface area contributed by atoms with Crippen LogP contribution in [0.2, 0.25) is 0 Å². The van der Waals surface area contributed by atoms with E-state index in [1.807, 2.05) is 0 Å². The van der Waals surface area contributed by atoms with Gasteiger partial charge in [-0.3, -0.25) is 0 Å². The van der Waals surface area contributed by atoms with Crippen LogP contribution in [-0.2, 0) is 0 Å². The van der Waals surface area contributed by atoms with Crippen LogP contribution in [0.15, 0.2) is 0 Å². The Morgan fingerprint density at radius 1 is 0.667 bits per heavy atom. The van der Waals surface area contributed by atoms with E-state index in [9.17, 15) is 0 Å². The van der Waals surface area contributed by atoms with Crippen molar-refractivity contribution in [1.82, 2.24) is 0 Å². The number of unbranched alkanes of at least 4 members (excludes halogenated alkanes) is 9. The Balaban J connectivity index is 3.21. The van der Waals surface area contributed by atoms with E-state index >= 15 is 0 Å². The second kappa shape index (κ2) is 14.6.